The lowest BCUT2D eigenvalue weighted by molar-refractivity contribution is -0.120. The van der Waals surface area contributed by atoms with Gasteiger partial charge in [0.1, 0.15) is 0 Å². The minimum atomic E-state index is 0.0311. The van der Waals surface area contributed by atoms with Crippen LogP contribution in [0.2, 0.25) is 5.02 Å². The number of hydrogen-bond donors (Lipinski definition) is 0. The maximum atomic E-state index is 13.3. The third kappa shape index (κ3) is 4.71. The summed E-state index contributed by atoms with van der Waals surface area (Å²) in [5.41, 5.74) is 3.45. The first-order valence-corrected chi connectivity index (χ1v) is 10.7. The molecule has 2 atom stereocenters. The first kappa shape index (κ1) is 19.7. The SMILES string of the molecule is CC(C(Cc1ccc(Cl)cc1)c1ccccc1)N(C(=O)C1CC1)c1ccccc1. The third-order valence-corrected chi connectivity index (χ3v) is 6.04. The molecule has 3 aromatic carbocycles. The third-order valence-electron chi connectivity index (χ3n) is 5.78. The fourth-order valence-electron chi connectivity index (χ4n) is 4.00. The summed E-state index contributed by atoms with van der Waals surface area (Å²) in [5, 5.41) is 0.743. The molecule has 2 unspecified atom stereocenters. The molecule has 1 aliphatic carbocycles. The normalized spacial score (nSPS) is 15.5. The van der Waals surface area contributed by atoms with Gasteiger partial charge in [0.15, 0.2) is 0 Å². The topological polar surface area (TPSA) is 20.3 Å². The molecule has 2 nitrogen and oxygen atoms in total. The fourth-order valence-corrected chi connectivity index (χ4v) is 4.13. The molecule has 4 rings (SSSR count). The summed E-state index contributed by atoms with van der Waals surface area (Å²) in [6, 6.07) is 28.7. The maximum Gasteiger partial charge on any atom is 0.230 e. The molecule has 1 fully saturated rings. The standard InChI is InChI=1S/C26H26ClNO/c1-19(28(26(29)22-14-15-22)24-10-6-3-7-11-24)25(21-8-4-2-5-9-21)18-20-12-16-23(27)17-13-20/h2-13,16-17,19,22,25H,14-15,18H2,1H3. The Morgan fingerprint density at radius 2 is 1.52 bits per heavy atom. The van der Waals surface area contributed by atoms with Crippen molar-refractivity contribution in [2.24, 2.45) is 5.92 Å². The zero-order valence-electron chi connectivity index (χ0n) is 16.7. The molecule has 0 heterocycles. The van der Waals surface area contributed by atoms with Crippen LogP contribution in [0, 0.1) is 5.92 Å². The van der Waals surface area contributed by atoms with Gasteiger partial charge in [-0.1, -0.05) is 72.3 Å². The van der Waals surface area contributed by atoms with Gasteiger partial charge in [-0.2, -0.15) is 0 Å². The number of carbonyl (C=O) groups excluding carboxylic acids is 1. The molecule has 1 aliphatic rings. The van der Waals surface area contributed by atoms with E-state index < -0.39 is 0 Å². The molecular formula is C26H26ClNO. The van der Waals surface area contributed by atoms with E-state index in [1.165, 1.54) is 11.1 Å². The van der Waals surface area contributed by atoms with Crippen LogP contribution in [0.15, 0.2) is 84.9 Å². The van der Waals surface area contributed by atoms with Crippen LogP contribution in [0.25, 0.3) is 0 Å². The van der Waals surface area contributed by atoms with Gasteiger partial charge in [-0.25, -0.2) is 0 Å². The zero-order valence-corrected chi connectivity index (χ0v) is 17.4. The van der Waals surface area contributed by atoms with Crippen LogP contribution in [0.5, 0.6) is 0 Å². The number of anilines is 1. The highest BCUT2D eigenvalue weighted by Crippen LogP contribution is 2.37. The van der Waals surface area contributed by atoms with Crippen LogP contribution in [0.3, 0.4) is 0 Å². The summed E-state index contributed by atoms with van der Waals surface area (Å²) in [6.07, 6.45) is 2.85. The predicted octanol–water partition coefficient (Wildman–Crippen LogP) is 6.50. The van der Waals surface area contributed by atoms with Gasteiger partial charge in [0.25, 0.3) is 0 Å². The van der Waals surface area contributed by atoms with Crippen LogP contribution < -0.4 is 4.90 Å². The Balaban J connectivity index is 1.70. The van der Waals surface area contributed by atoms with E-state index in [-0.39, 0.29) is 23.8 Å². The van der Waals surface area contributed by atoms with Gasteiger partial charge in [-0.05, 0) is 61.6 Å². The van der Waals surface area contributed by atoms with E-state index in [2.05, 4.69) is 43.3 Å². The number of halogens is 1. The lowest BCUT2D eigenvalue weighted by atomic mass is 9.85. The van der Waals surface area contributed by atoms with Gasteiger partial charge in [-0.15, -0.1) is 0 Å². The molecule has 0 N–H and O–H groups in total. The molecule has 0 radical (unpaired) electrons. The van der Waals surface area contributed by atoms with E-state index in [0.717, 1.165) is 30.0 Å². The lowest BCUT2D eigenvalue weighted by Gasteiger charge is -2.36. The second-order valence-electron chi connectivity index (χ2n) is 7.91. The molecule has 1 amide bonds. The highest BCUT2D eigenvalue weighted by molar-refractivity contribution is 6.30. The molecule has 3 heteroatoms. The van der Waals surface area contributed by atoms with Gasteiger partial charge in [0.2, 0.25) is 5.91 Å². The van der Waals surface area contributed by atoms with Crippen molar-refractivity contribution in [3.8, 4) is 0 Å². The van der Waals surface area contributed by atoms with Crippen LogP contribution in [-0.4, -0.2) is 11.9 Å². The van der Waals surface area contributed by atoms with Gasteiger partial charge >= 0.3 is 0 Å². The number of carbonyl (C=O) groups is 1. The second kappa shape index (κ2) is 8.84. The number of rotatable bonds is 7. The molecule has 0 saturated heterocycles. The Labute approximate surface area is 178 Å². The molecule has 29 heavy (non-hydrogen) atoms. The second-order valence-corrected chi connectivity index (χ2v) is 8.34. The molecule has 0 spiro atoms. The van der Waals surface area contributed by atoms with Crippen molar-refractivity contribution in [3.63, 3.8) is 0 Å². The summed E-state index contributed by atoms with van der Waals surface area (Å²) in [6.45, 7) is 2.18. The Morgan fingerprint density at radius 1 is 0.931 bits per heavy atom. The molecule has 0 bridgehead atoms. The van der Waals surface area contributed by atoms with Crippen molar-refractivity contribution in [1.29, 1.82) is 0 Å². The summed E-state index contributed by atoms with van der Waals surface area (Å²) >= 11 is 6.09. The summed E-state index contributed by atoms with van der Waals surface area (Å²) in [5.74, 6) is 0.602. The van der Waals surface area contributed by atoms with E-state index in [1.807, 2.05) is 53.4 Å². The van der Waals surface area contributed by atoms with Crippen molar-refractivity contribution in [1.82, 2.24) is 0 Å². The van der Waals surface area contributed by atoms with Gasteiger partial charge in [0.05, 0.1) is 0 Å². The highest BCUT2D eigenvalue weighted by Gasteiger charge is 2.38. The van der Waals surface area contributed by atoms with Crippen LogP contribution in [0.4, 0.5) is 5.69 Å². The first-order valence-electron chi connectivity index (χ1n) is 10.3. The number of amides is 1. The number of hydrogen-bond acceptors (Lipinski definition) is 1. The van der Waals surface area contributed by atoms with Crippen molar-refractivity contribution in [3.05, 3.63) is 101 Å². The Bertz CT molecular complexity index is 935. The fraction of sp³-hybridized carbons (Fsp3) is 0.269. The summed E-state index contributed by atoms with van der Waals surface area (Å²) < 4.78 is 0. The highest BCUT2D eigenvalue weighted by atomic mass is 35.5. The Kier molecular flexibility index (Phi) is 6.01. The van der Waals surface area contributed by atoms with E-state index in [4.69, 9.17) is 11.6 Å². The zero-order chi connectivity index (χ0) is 20.2. The molecule has 0 aliphatic heterocycles. The lowest BCUT2D eigenvalue weighted by Crippen LogP contribution is -2.43. The first-order chi connectivity index (χ1) is 14.1. The van der Waals surface area contributed by atoms with Crippen molar-refractivity contribution < 1.29 is 4.79 Å². The van der Waals surface area contributed by atoms with E-state index in [0.29, 0.717) is 0 Å². The average Bonchev–Trinajstić information content (AvgIpc) is 3.60. The summed E-state index contributed by atoms with van der Waals surface area (Å²) in [7, 11) is 0. The maximum absolute atomic E-state index is 13.3. The Hall–Kier alpha value is -2.58. The van der Waals surface area contributed by atoms with Crippen molar-refractivity contribution in [2.45, 2.75) is 38.1 Å². The molecule has 0 aromatic heterocycles. The average molecular weight is 404 g/mol. The monoisotopic (exact) mass is 403 g/mol. The van der Waals surface area contributed by atoms with E-state index in [9.17, 15) is 4.79 Å². The minimum Gasteiger partial charge on any atom is -0.309 e. The van der Waals surface area contributed by atoms with Crippen LogP contribution >= 0.6 is 11.6 Å². The molecule has 3 aromatic rings. The molecule has 148 valence electrons. The molecule has 1 saturated carbocycles. The van der Waals surface area contributed by atoms with Crippen molar-refractivity contribution in [2.75, 3.05) is 4.90 Å². The predicted molar refractivity (Wildman–Crippen MR) is 120 cm³/mol. The van der Waals surface area contributed by atoms with Gasteiger partial charge in [-0.3, -0.25) is 4.79 Å². The molecular weight excluding hydrogens is 378 g/mol. The summed E-state index contributed by atoms with van der Waals surface area (Å²) in [4.78, 5) is 15.3. The van der Waals surface area contributed by atoms with E-state index >= 15 is 0 Å². The van der Waals surface area contributed by atoms with E-state index in [1.54, 1.807) is 0 Å². The number of benzene rings is 3. The number of nitrogens with zero attached hydrogens (tertiary/aromatic N) is 1. The smallest absolute Gasteiger partial charge is 0.230 e. The van der Waals surface area contributed by atoms with Crippen LogP contribution in [0.1, 0.15) is 36.8 Å². The largest absolute Gasteiger partial charge is 0.309 e. The van der Waals surface area contributed by atoms with Crippen LogP contribution in [-0.2, 0) is 11.2 Å². The van der Waals surface area contributed by atoms with Gasteiger partial charge in [0, 0.05) is 28.6 Å². The quantitative estimate of drug-likeness (QED) is 0.441. The number of para-hydroxylation sites is 1. The van der Waals surface area contributed by atoms with Crippen molar-refractivity contribution >= 4 is 23.2 Å². The van der Waals surface area contributed by atoms with Gasteiger partial charge < -0.3 is 4.90 Å². The minimum absolute atomic E-state index is 0.0311. The Morgan fingerprint density at radius 3 is 2.10 bits per heavy atom.